The van der Waals surface area contributed by atoms with Crippen LogP contribution in [-0.4, -0.2) is 23.8 Å². The number of hydrogen-bond donors (Lipinski definition) is 2. The van der Waals surface area contributed by atoms with Crippen molar-refractivity contribution < 1.29 is 5.11 Å². The first-order valence-corrected chi connectivity index (χ1v) is 7.03. The van der Waals surface area contributed by atoms with E-state index in [0.29, 0.717) is 6.61 Å². The summed E-state index contributed by atoms with van der Waals surface area (Å²) >= 11 is 0. The lowest BCUT2D eigenvalue weighted by Gasteiger charge is -2.32. The molecule has 4 unspecified atom stereocenters. The highest BCUT2D eigenvalue weighted by Gasteiger charge is 2.39. The molecule has 4 atom stereocenters. The van der Waals surface area contributed by atoms with Gasteiger partial charge in [0, 0.05) is 12.1 Å². The molecular weight excluding hydrogens is 198 g/mol. The Hall–Kier alpha value is -0.0800. The van der Waals surface area contributed by atoms with Crippen LogP contribution >= 0.6 is 0 Å². The van der Waals surface area contributed by atoms with Crippen LogP contribution in [0, 0.1) is 17.8 Å². The summed E-state index contributed by atoms with van der Waals surface area (Å²) < 4.78 is 0. The summed E-state index contributed by atoms with van der Waals surface area (Å²) in [4.78, 5) is 0. The summed E-state index contributed by atoms with van der Waals surface area (Å²) in [7, 11) is 0. The highest BCUT2D eigenvalue weighted by atomic mass is 16.3. The summed E-state index contributed by atoms with van der Waals surface area (Å²) in [5.41, 5.74) is 0.149. The van der Waals surface area contributed by atoms with Gasteiger partial charge in [-0.25, -0.2) is 0 Å². The van der Waals surface area contributed by atoms with E-state index in [1.807, 2.05) is 0 Å². The molecule has 0 heterocycles. The van der Waals surface area contributed by atoms with Gasteiger partial charge >= 0.3 is 0 Å². The van der Waals surface area contributed by atoms with Crippen molar-refractivity contribution >= 4 is 0 Å². The van der Waals surface area contributed by atoms with E-state index in [0.717, 1.165) is 30.6 Å². The van der Waals surface area contributed by atoms with Gasteiger partial charge in [0.2, 0.25) is 0 Å². The molecule has 2 fully saturated rings. The lowest BCUT2D eigenvalue weighted by Crippen LogP contribution is -2.45. The molecule has 0 aliphatic heterocycles. The molecule has 0 aromatic heterocycles. The van der Waals surface area contributed by atoms with Gasteiger partial charge < -0.3 is 10.4 Å². The standard InChI is InChI=1S/C14H27NO/c1-3-14(2,6-7-16)15-10-13-9-11-4-5-12(13)8-11/h11-13,15-16H,3-10H2,1-2H3. The second kappa shape index (κ2) is 5.05. The largest absolute Gasteiger partial charge is 0.396 e. The van der Waals surface area contributed by atoms with Gasteiger partial charge in [0.15, 0.2) is 0 Å². The van der Waals surface area contributed by atoms with Gasteiger partial charge in [-0.15, -0.1) is 0 Å². The Morgan fingerprint density at radius 1 is 1.31 bits per heavy atom. The molecule has 16 heavy (non-hydrogen) atoms. The lowest BCUT2D eigenvalue weighted by atomic mass is 9.87. The average Bonchev–Trinajstić information content (AvgIpc) is 2.88. The van der Waals surface area contributed by atoms with E-state index in [4.69, 9.17) is 5.11 Å². The van der Waals surface area contributed by atoms with E-state index in [2.05, 4.69) is 19.2 Å². The number of nitrogens with one attached hydrogen (secondary N) is 1. The maximum Gasteiger partial charge on any atom is 0.0448 e. The van der Waals surface area contributed by atoms with Crippen molar-refractivity contribution in [3.63, 3.8) is 0 Å². The zero-order chi connectivity index (χ0) is 11.6. The van der Waals surface area contributed by atoms with Gasteiger partial charge in [-0.3, -0.25) is 0 Å². The van der Waals surface area contributed by atoms with Crippen molar-refractivity contribution in [2.45, 2.75) is 57.9 Å². The van der Waals surface area contributed by atoms with Crippen LogP contribution < -0.4 is 5.32 Å². The summed E-state index contributed by atoms with van der Waals surface area (Å²) in [6.45, 7) is 5.93. The van der Waals surface area contributed by atoms with Crippen LogP contribution in [0.4, 0.5) is 0 Å². The minimum atomic E-state index is 0.149. The number of aliphatic hydroxyl groups excluding tert-OH is 1. The van der Waals surface area contributed by atoms with Crippen LogP contribution in [0.1, 0.15) is 52.4 Å². The molecular formula is C14H27NO. The van der Waals surface area contributed by atoms with E-state index in [1.54, 1.807) is 0 Å². The first-order chi connectivity index (χ1) is 7.67. The van der Waals surface area contributed by atoms with Crippen molar-refractivity contribution in [1.29, 1.82) is 0 Å². The van der Waals surface area contributed by atoms with Crippen molar-refractivity contribution in [2.75, 3.05) is 13.2 Å². The van der Waals surface area contributed by atoms with Crippen LogP contribution in [-0.2, 0) is 0 Å². The van der Waals surface area contributed by atoms with Gasteiger partial charge in [0.05, 0.1) is 0 Å². The number of fused-ring (bicyclic) bond motifs is 2. The molecule has 2 saturated carbocycles. The minimum absolute atomic E-state index is 0.149. The first kappa shape index (κ1) is 12.4. The maximum absolute atomic E-state index is 9.09. The molecule has 2 rings (SSSR count). The molecule has 0 spiro atoms. The Kier molecular flexibility index (Phi) is 3.91. The Labute approximate surface area is 99.8 Å². The van der Waals surface area contributed by atoms with E-state index in [1.165, 1.54) is 32.2 Å². The van der Waals surface area contributed by atoms with Crippen LogP contribution in [0.3, 0.4) is 0 Å². The Morgan fingerprint density at radius 3 is 2.62 bits per heavy atom. The predicted octanol–water partition coefficient (Wildman–Crippen LogP) is 2.56. The summed E-state index contributed by atoms with van der Waals surface area (Å²) in [5.74, 6) is 2.97. The van der Waals surface area contributed by atoms with Crippen molar-refractivity contribution in [3.8, 4) is 0 Å². The van der Waals surface area contributed by atoms with Crippen LogP contribution in [0.15, 0.2) is 0 Å². The minimum Gasteiger partial charge on any atom is -0.396 e. The molecule has 2 bridgehead atoms. The van der Waals surface area contributed by atoms with Gasteiger partial charge in [-0.1, -0.05) is 13.3 Å². The average molecular weight is 225 g/mol. The zero-order valence-electron chi connectivity index (χ0n) is 10.8. The van der Waals surface area contributed by atoms with Gasteiger partial charge in [0.1, 0.15) is 0 Å². The molecule has 0 amide bonds. The molecule has 94 valence electrons. The topological polar surface area (TPSA) is 32.3 Å². The van der Waals surface area contributed by atoms with Crippen LogP contribution in [0.5, 0.6) is 0 Å². The highest BCUT2D eigenvalue weighted by molar-refractivity contribution is 4.92. The normalized spacial score (nSPS) is 36.6. The summed E-state index contributed by atoms with van der Waals surface area (Å²) in [5, 5.41) is 12.8. The predicted molar refractivity (Wildman–Crippen MR) is 67.3 cm³/mol. The van der Waals surface area contributed by atoms with E-state index >= 15 is 0 Å². The molecule has 2 aliphatic carbocycles. The molecule has 2 aliphatic rings. The highest BCUT2D eigenvalue weighted by Crippen LogP contribution is 2.48. The Balaban J connectivity index is 1.78. The fraction of sp³-hybridized carbons (Fsp3) is 1.00. The first-order valence-electron chi connectivity index (χ1n) is 7.03. The molecule has 2 nitrogen and oxygen atoms in total. The van der Waals surface area contributed by atoms with Crippen LogP contribution in [0.25, 0.3) is 0 Å². The van der Waals surface area contributed by atoms with E-state index in [-0.39, 0.29) is 5.54 Å². The SMILES string of the molecule is CCC(C)(CCO)NCC1CC2CCC1C2. The van der Waals surface area contributed by atoms with Gasteiger partial charge in [-0.2, -0.15) is 0 Å². The molecule has 0 saturated heterocycles. The molecule has 0 aromatic carbocycles. The smallest absolute Gasteiger partial charge is 0.0448 e. The van der Waals surface area contributed by atoms with Crippen LogP contribution in [0.2, 0.25) is 0 Å². The van der Waals surface area contributed by atoms with E-state index in [9.17, 15) is 0 Å². The Bertz CT molecular complexity index is 231. The van der Waals surface area contributed by atoms with Crippen molar-refractivity contribution in [1.82, 2.24) is 5.32 Å². The molecule has 2 N–H and O–H groups in total. The van der Waals surface area contributed by atoms with E-state index < -0.39 is 0 Å². The fourth-order valence-corrected chi connectivity index (χ4v) is 3.64. The van der Waals surface area contributed by atoms with Gasteiger partial charge in [-0.05, 0) is 63.3 Å². The Morgan fingerprint density at radius 2 is 2.12 bits per heavy atom. The summed E-state index contributed by atoms with van der Waals surface area (Å²) in [6, 6.07) is 0. The summed E-state index contributed by atoms with van der Waals surface area (Å²) in [6.07, 6.45) is 7.90. The number of rotatable bonds is 6. The fourth-order valence-electron chi connectivity index (χ4n) is 3.64. The monoisotopic (exact) mass is 225 g/mol. The van der Waals surface area contributed by atoms with Crippen molar-refractivity contribution in [3.05, 3.63) is 0 Å². The quantitative estimate of drug-likeness (QED) is 0.728. The zero-order valence-corrected chi connectivity index (χ0v) is 10.8. The second-order valence-electron chi connectivity index (χ2n) is 6.20. The lowest BCUT2D eigenvalue weighted by molar-refractivity contribution is 0.199. The number of hydrogen-bond acceptors (Lipinski definition) is 2. The molecule has 2 heteroatoms. The third-order valence-corrected chi connectivity index (χ3v) is 5.12. The third-order valence-electron chi connectivity index (χ3n) is 5.12. The third kappa shape index (κ3) is 2.60. The maximum atomic E-state index is 9.09. The number of aliphatic hydroxyl groups is 1. The van der Waals surface area contributed by atoms with Gasteiger partial charge in [0.25, 0.3) is 0 Å². The van der Waals surface area contributed by atoms with Crippen molar-refractivity contribution in [2.24, 2.45) is 17.8 Å². The second-order valence-corrected chi connectivity index (χ2v) is 6.20. The molecule has 0 radical (unpaired) electrons. The molecule has 0 aromatic rings.